The van der Waals surface area contributed by atoms with Gasteiger partial charge in [-0.15, -0.1) is 0 Å². The molecule has 5 heteroatoms. The maximum atomic E-state index is 10.6. The summed E-state index contributed by atoms with van der Waals surface area (Å²) in [6.07, 6.45) is 1.46. The van der Waals surface area contributed by atoms with E-state index >= 15 is 0 Å². The lowest BCUT2D eigenvalue weighted by Gasteiger charge is -2.05. The minimum atomic E-state index is -0.890. The Balaban J connectivity index is 2.13. The number of nitrogens with zero attached hydrogens (tertiary/aromatic N) is 1. The van der Waals surface area contributed by atoms with Crippen LogP contribution in [0.25, 0.3) is 0 Å². The minimum absolute atomic E-state index is 0.0561. The number of hydrogen-bond acceptors (Lipinski definition) is 3. The van der Waals surface area contributed by atoms with E-state index in [4.69, 9.17) is 21.4 Å². The topological polar surface area (TPSA) is 59.4 Å². The van der Waals surface area contributed by atoms with Gasteiger partial charge in [-0.25, -0.2) is 4.98 Å². The molecule has 0 unspecified atom stereocenters. The van der Waals surface area contributed by atoms with Crippen molar-refractivity contribution >= 4 is 17.6 Å². The zero-order chi connectivity index (χ0) is 13.0. The Morgan fingerprint density at radius 1 is 1.28 bits per heavy atom. The molecule has 0 aliphatic heterocycles. The first-order valence-electron chi connectivity index (χ1n) is 5.23. The molecule has 0 bridgehead atoms. The fourth-order valence-electron chi connectivity index (χ4n) is 1.41. The Kier molecular flexibility index (Phi) is 3.79. The Labute approximate surface area is 109 Å². The number of carbonyl (C=O) groups is 1. The van der Waals surface area contributed by atoms with Crippen molar-refractivity contribution < 1.29 is 14.6 Å². The number of aliphatic carboxylic acids is 1. The predicted octanol–water partition coefficient (Wildman–Crippen LogP) is 3.15. The third-order valence-electron chi connectivity index (χ3n) is 2.19. The summed E-state index contributed by atoms with van der Waals surface area (Å²) in [4.78, 5) is 14.6. The highest BCUT2D eigenvalue weighted by atomic mass is 35.5. The van der Waals surface area contributed by atoms with E-state index in [9.17, 15) is 4.79 Å². The van der Waals surface area contributed by atoms with Crippen LogP contribution >= 0.6 is 11.6 Å². The molecule has 2 aromatic rings. The molecule has 0 aliphatic rings. The first kappa shape index (κ1) is 12.4. The van der Waals surface area contributed by atoms with Gasteiger partial charge in [0.25, 0.3) is 0 Å². The predicted molar refractivity (Wildman–Crippen MR) is 67.1 cm³/mol. The van der Waals surface area contributed by atoms with Crippen LogP contribution in [0.3, 0.4) is 0 Å². The molecule has 92 valence electrons. The van der Waals surface area contributed by atoms with Crippen molar-refractivity contribution in [2.75, 3.05) is 0 Å². The van der Waals surface area contributed by atoms with E-state index < -0.39 is 5.97 Å². The largest absolute Gasteiger partial charge is 0.481 e. The normalized spacial score (nSPS) is 10.1. The summed E-state index contributed by atoms with van der Waals surface area (Å²) in [6, 6.07) is 10.1. The molecule has 0 spiro atoms. The smallest absolute Gasteiger partial charge is 0.307 e. The average Bonchev–Trinajstić information content (AvgIpc) is 2.32. The van der Waals surface area contributed by atoms with E-state index in [2.05, 4.69) is 4.98 Å². The molecular weight excluding hydrogens is 254 g/mol. The molecule has 1 N–H and O–H groups in total. The van der Waals surface area contributed by atoms with Gasteiger partial charge in [-0.3, -0.25) is 4.79 Å². The first-order valence-corrected chi connectivity index (χ1v) is 5.61. The lowest BCUT2D eigenvalue weighted by molar-refractivity contribution is -0.136. The van der Waals surface area contributed by atoms with Gasteiger partial charge in [0.15, 0.2) is 0 Å². The second-order valence-electron chi connectivity index (χ2n) is 3.63. The molecule has 1 aromatic heterocycles. The highest BCUT2D eigenvalue weighted by Crippen LogP contribution is 2.22. The minimum Gasteiger partial charge on any atom is -0.481 e. The molecule has 0 saturated carbocycles. The second-order valence-corrected chi connectivity index (χ2v) is 4.07. The molecule has 0 fully saturated rings. The van der Waals surface area contributed by atoms with Crippen LogP contribution in [0.15, 0.2) is 42.6 Å². The van der Waals surface area contributed by atoms with Gasteiger partial charge >= 0.3 is 5.97 Å². The molecule has 4 nitrogen and oxygen atoms in total. The Morgan fingerprint density at radius 2 is 2.00 bits per heavy atom. The van der Waals surface area contributed by atoms with E-state index in [1.807, 2.05) is 0 Å². The third-order valence-corrected chi connectivity index (χ3v) is 2.44. The summed E-state index contributed by atoms with van der Waals surface area (Å²) in [7, 11) is 0. The maximum Gasteiger partial charge on any atom is 0.307 e. The zero-order valence-electron chi connectivity index (χ0n) is 9.34. The van der Waals surface area contributed by atoms with Gasteiger partial charge in [0.05, 0.1) is 6.42 Å². The van der Waals surface area contributed by atoms with Gasteiger partial charge in [-0.1, -0.05) is 11.6 Å². The van der Waals surface area contributed by atoms with Crippen LogP contribution in [-0.2, 0) is 11.2 Å². The molecule has 18 heavy (non-hydrogen) atoms. The summed E-state index contributed by atoms with van der Waals surface area (Å²) < 4.78 is 5.49. The van der Waals surface area contributed by atoms with Crippen LogP contribution in [0.5, 0.6) is 11.6 Å². The van der Waals surface area contributed by atoms with Crippen molar-refractivity contribution in [3.05, 3.63) is 53.2 Å². The number of hydrogen-bond donors (Lipinski definition) is 1. The average molecular weight is 264 g/mol. The number of halogens is 1. The van der Waals surface area contributed by atoms with Gasteiger partial charge in [0.1, 0.15) is 5.75 Å². The van der Waals surface area contributed by atoms with E-state index in [-0.39, 0.29) is 6.42 Å². The Bertz CT molecular complexity index is 554. The molecule has 0 amide bonds. The second kappa shape index (κ2) is 5.51. The molecule has 0 radical (unpaired) electrons. The van der Waals surface area contributed by atoms with Crippen molar-refractivity contribution in [1.29, 1.82) is 0 Å². The Morgan fingerprint density at radius 3 is 2.67 bits per heavy atom. The summed E-state index contributed by atoms with van der Waals surface area (Å²) in [5.74, 6) is 0.0640. The van der Waals surface area contributed by atoms with Crippen molar-refractivity contribution in [3.8, 4) is 11.6 Å². The summed E-state index contributed by atoms with van der Waals surface area (Å²) in [5, 5.41) is 9.32. The number of carboxylic acid groups (broad SMARTS) is 1. The summed E-state index contributed by atoms with van der Waals surface area (Å²) in [6.45, 7) is 0. The third kappa shape index (κ3) is 3.46. The van der Waals surface area contributed by atoms with Crippen molar-refractivity contribution in [3.63, 3.8) is 0 Å². The van der Waals surface area contributed by atoms with E-state index in [0.29, 0.717) is 22.2 Å². The lowest BCUT2D eigenvalue weighted by Crippen LogP contribution is -2.00. The first-order chi connectivity index (χ1) is 8.63. The maximum absolute atomic E-state index is 10.6. The number of rotatable bonds is 4. The summed E-state index contributed by atoms with van der Waals surface area (Å²) >= 11 is 5.76. The summed E-state index contributed by atoms with van der Waals surface area (Å²) in [5.41, 5.74) is 0.640. The monoisotopic (exact) mass is 263 g/mol. The van der Waals surface area contributed by atoms with E-state index in [1.54, 1.807) is 36.4 Å². The van der Waals surface area contributed by atoms with E-state index in [1.165, 1.54) is 6.20 Å². The standard InChI is InChI=1S/C13H10ClNO3/c14-10-1-3-11(4-2-10)18-12-7-9(5-6-15-12)8-13(16)17/h1-7H,8H2,(H,16,17). The SMILES string of the molecule is O=C(O)Cc1ccnc(Oc2ccc(Cl)cc2)c1. The van der Waals surface area contributed by atoms with Crippen LogP contribution in [0.4, 0.5) is 0 Å². The fourth-order valence-corrected chi connectivity index (χ4v) is 1.54. The fraction of sp³-hybridized carbons (Fsp3) is 0.0769. The zero-order valence-corrected chi connectivity index (χ0v) is 10.1. The van der Waals surface area contributed by atoms with Crippen LogP contribution in [0.2, 0.25) is 5.02 Å². The van der Waals surface area contributed by atoms with E-state index in [0.717, 1.165) is 0 Å². The number of carboxylic acids is 1. The highest BCUT2D eigenvalue weighted by Gasteiger charge is 2.04. The highest BCUT2D eigenvalue weighted by molar-refractivity contribution is 6.30. The van der Waals surface area contributed by atoms with Gasteiger partial charge in [-0.05, 0) is 35.9 Å². The molecule has 1 heterocycles. The lowest BCUT2D eigenvalue weighted by atomic mass is 10.2. The van der Waals surface area contributed by atoms with Crippen molar-refractivity contribution in [2.45, 2.75) is 6.42 Å². The molecule has 0 saturated heterocycles. The number of ether oxygens (including phenoxy) is 1. The van der Waals surface area contributed by atoms with Gasteiger partial charge in [-0.2, -0.15) is 0 Å². The molecule has 0 aliphatic carbocycles. The molecule has 2 rings (SSSR count). The van der Waals surface area contributed by atoms with Gasteiger partial charge in [0, 0.05) is 17.3 Å². The number of pyridine rings is 1. The van der Waals surface area contributed by atoms with Crippen LogP contribution in [0.1, 0.15) is 5.56 Å². The number of benzene rings is 1. The van der Waals surface area contributed by atoms with Gasteiger partial charge in [0.2, 0.25) is 5.88 Å². The van der Waals surface area contributed by atoms with Gasteiger partial charge < -0.3 is 9.84 Å². The number of aromatic nitrogens is 1. The van der Waals surface area contributed by atoms with Crippen LogP contribution in [-0.4, -0.2) is 16.1 Å². The van der Waals surface area contributed by atoms with Crippen molar-refractivity contribution in [2.24, 2.45) is 0 Å². The van der Waals surface area contributed by atoms with Crippen LogP contribution < -0.4 is 4.74 Å². The van der Waals surface area contributed by atoms with Crippen molar-refractivity contribution in [1.82, 2.24) is 4.98 Å². The molecular formula is C13H10ClNO3. The Hall–Kier alpha value is -2.07. The quantitative estimate of drug-likeness (QED) is 0.920. The van der Waals surface area contributed by atoms with Crippen LogP contribution in [0, 0.1) is 0 Å². The molecule has 1 aromatic carbocycles. The molecule has 0 atom stereocenters.